The molecule has 32 heavy (non-hydrogen) atoms. The van der Waals surface area contributed by atoms with Crippen LogP contribution < -0.4 is 10.6 Å². The molecule has 3 N–H and O–H groups in total. The maximum Gasteiger partial charge on any atom is 0.307 e. The molecule has 0 spiro atoms. The number of thioether (sulfide) groups is 1. The number of ether oxygens (including phenoxy) is 1. The molecular formula is C26H40N2O3S. The number of hydrogen-bond donors (Lipinski definition) is 3. The summed E-state index contributed by atoms with van der Waals surface area (Å²) in [6.07, 6.45) is 8.59. The normalized spacial score (nSPS) is 10.1. The van der Waals surface area contributed by atoms with E-state index in [1.165, 1.54) is 51.4 Å². The van der Waals surface area contributed by atoms with E-state index < -0.39 is 0 Å². The van der Waals surface area contributed by atoms with E-state index in [0.29, 0.717) is 19.6 Å². The lowest BCUT2D eigenvalue weighted by atomic mass is 10.1. The first-order valence-corrected chi connectivity index (χ1v) is 12.8. The molecule has 0 saturated carbocycles. The average Bonchev–Trinajstić information content (AvgIpc) is 2.83. The maximum absolute atomic E-state index is 11.0. The zero-order chi connectivity index (χ0) is 23.3. The molecule has 0 radical (unpaired) electrons. The Labute approximate surface area is 198 Å². The zero-order valence-corrected chi connectivity index (χ0v) is 20.5. The highest BCUT2D eigenvalue weighted by Crippen LogP contribution is 2.18. The summed E-state index contributed by atoms with van der Waals surface area (Å²) < 4.78 is 4.58. The molecule has 0 aromatic heterocycles. The van der Waals surface area contributed by atoms with Gasteiger partial charge >= 0.3 is 5.97 Å². The minimum atomic E-state index is -0.208. The average molecular weight is 461 g/mol. The van der Waals surface area contributed by atoms with Crippen LogP contribution in [0.1, 0.15) is 51.9 Å². The zero-order valence-electron chi connectivity index (χ0n) is 19.6. The fraction of sp³-hybridized carbons (Fsp3) is 0.500. The third-order valence-corrected chi connectivity index (χ3v) is 5.76. The van der Waals surface area contributed by atoms with E-state index in [4.69, 9.17) is 5.11 Å². The van der Waals surface area contributed by atoms with Gasteiger partial charge in [-0.3, -0.25) is 4.79 Å². The number of benzene rings is 2. The number of aliphatic hydroxyl groups is 1. The van der Waals surface area contributed by atoms with E-state index >= 15 is 0 Å². The summed E-state index contributed by atoms with van der Waals surface area (Å²) in [7, 11) is 1.40. The van der Waals surface area contributed by atoms with Crippen LogP contribution in [0.25, 0.3) is 0 Å². The number of para-hydroxylation sites is 1. The summed E-state index contributed by atoms with van der Waals surface area (Å²) in [5, 5.41) is 15.0. The predicted octanol–water partition coefficient (Wildman–Crippen LogP) is 6.48. The number of anilines is 3. The maximum atomic E-state index is 11.0. The highest BCUT2D eigenvalue weighted by molar-refractivity contribution is 7.99. The van der Waals surface area contributed by atoms with Gasteiger partial charge in [0.2, 0.25) is 0 Å². The highest BCUT2D eigenvalue weighted by atomic mass is 32.2. The number of esters is 1. The van der Waals surface area contributed by atoms with Crippen molar-refractivity contribution in [1.29, 1.82) is 0 Å². The molecule has 5 nitrogen and oxygen atoms in total. The summed E-state index contributed by atoms with van der Waals surface area (Å²) in [5.74, 6) is 1.93. The quantitative estimate of drug-likeness (QED) is 0.209. The summed E-state index contributed by atoms with van der Waals surface area (Å²) in [6, 6.07) is 17.9. The van der Waals surface area contributed by atoms with Crippen molar-refractivity contribution in [2.75, 3.05) is 42.4 Å². The van der Waals surface area contributed by atoms with Gasteiger partial charge in [-0.1, -0.05) is 57.2 Å². The van der Waals surface area contributed by atoms with E-state index in [1.54, 1.807) is 0 Å². The standard InChI is InChI=1S/C16H18N2O2.C10H22OS/c1-20-16(19)11-12-17-13-7-9-15(10-8-13)18-14-5-3-2-4-6-14;1-2-3-4-5-6-7-9-12-10-8-11/h2-10,17-18H,11-12H2,1H3;11H,2-10H2,1H3. The number of carbonyl (C=O) groups is 1. The second-order valence-electron chi connectivity index (χ2n) is 7.43. The van der Waals surface area contributed by atoms with Crippen molar-refractivity contribution in [1.82, 2.24) is 0 Å². The van der Waals surface area contributed by atoms with Crippen LogP contribution in [0.4, 0.5) is 17.1 Å². The Hall–Kier alpha value is -2.18. The number of nitrogens with one attached hydrogen (secondary N) is 2. The lowest BCUT2D eigenvalue weighted by Gasteiger charge is -2.09. The van der Waals surface area contributed by atoms with Crippen molar-refractivity contribution in [3.8, 4) is 0 Å². The van der Waals surface area contributed by atoms with Crippen LogP contribution in [0.5, 0.6) is 0 Å². The van der Waals surface area contributed by atoms with Crippen LogP contribution in [-0.2, 0) is 9.53 Å². The molecule has 2 rings (SSSR count). The van der Waals surface area contributed by atoms with Crippen molar-refractivity contribution in [2.24, 2.45) is 0 Å². The van der Waals surface area contributed by atoms with Crippen molar-refractivity contribution in [2.45, 2.75) is 51.9 Å². The molecule has 0 unspecified atom stereocenters. The summed E-state index contributed by atoms with van der Waals surface area (Å²) in [4.78, 5) is 11.0. The molecule has 6 heteroatoms. The topological polar surface area (TPSA) is 70.6 Å². The molecule has 0 fully saturated rings. The number of carbonyl (C=O) groups excluding carboxylic acids is 1. The van der Waals surface area contributed by atoms with E-state index in [0.717, 1.165) is 22.8 Å². The summed E-state index contributed by atoms with van der Waals surface area (Å²) in [5.41, 5.74) is 3.06. The molecule has 0 aliphatic carbocycles. The van der Waals surface area contributed by atoms with Gasteiger partial charge in [0, 0.05) is 29.4 Å². The molecule has 0 heterocycles. The number of hydrogen-bond acceptors (Lipinski definition) is 6. The van der Waals surface area contributed by atoms with Crippen LogP contribution >= 0.6 is 11.8 Å². The number of aliphatic hydroxyl groups excluding tert-OH is 1. The van der Waals surface area contributed by atoms with Gasteiger partial charge in [-0.05, 0) is 48.6 Å². The smallest absolute Gasteiger partial charge is 0.307 e. The van der Waals surface area contributed by atoms with Gasteiger partial charge in [-0.2, -0.15) is 11.8 Å². The van der Waals surface area contributed by atoms with Crippen LogP contribution in [0.2, 0.25) is 0 Å². The van der Waals surface area contributed by atoms with Gasteiger partial charge < -0.3 is 20.5 Å². The van der Waals surface area contributed by atoms with Crippen LogP contribution in [0, 0.1) is 0 Å². The number of unbranched alkanes of at least 4 members (excludes halogenated alkanes) is 5. The summed E-state index contributed by atoms with van der Waals surface area (Å²) in [6.45, 7) is 3.15. The third-order valence-electron chi connectivity index (χ3n) is 4.71. The Morgan fingerprint density at radius 3 is 2.16 bits per heavy atom. The van der Waals surface area contributed by atoms with Crippen LogP contribution in [-0.4, -0.2) is 42.8 Å². The van der Waals surface area contributed by atoms with Gasteiger partial charge in [0.1, 0.15) is 0 Å². The first-order valence-electron chi connectivity index (χ1n) is 11.6. The molecule has 0 saturated heterocycles. The number of rotatable bonds is 15. The molecule has 2 aromatic rings. The van der Waals surface area contributed by atoms with Gasteiger partial charge in [0.25, 0.3) is 0 Å². The van der Waals surface area contributed by atoms with Crippen molar-refractivity contribution >= 4 is 34.8 Å². The fourth-order valence-corrected chi connectivity index (χ4v) is 3.66. The molecule has 2 aromatic carbocycles. The molecule has 178 valence electrons. The molecule has 0 amide bonds. The molecule has 0 aliphatic heterocycles. The third kappa shape index (κ3) is 14.8. The first-order chi connectivity index (χ1) is 15.7. The van der Waals surface area contributed by atoms with Crippen LogP contribution in [0.3, 0.4) is 0 Å². The SMILES string of the molecule is CCCCCCCCSCCO.COC(=O)CCNc1ccc(Nc2ccccc2)cc1. The van der Waals surface area contributed by atoms with E-state index in [1.807, 2.05) is 66.4 Å². The van der Waals surface area contributed by atoms with Gasteiger partial charge in [-0.25, -0.2) is 0 Å². The lowest BCUT2D eigenvalue weighted by molar-refractivity contribution is -0.140. The predicted molar refractivity (Wildman–Crippen MR) is 139 cm³/mol. The van der Waals surface area contributed by atoms with Crippen molar-refractivity contribution in [3.05, 3.63) is 54.6 Å². The summed E-state index contributed by atoms with van der Waals surface area (Å²) >= 11 is 1.87. The fourth-order valence-electron chi connectivity index (χ4n) is 2.92. The van der Waals surface area contributed by atoms with E-state index in [9.17, 15) is 4.79 Å². The molecule has 0 bridgehead atoms. The Balaban J connectivity index is 0.000000368. The Morgan fingerprint density at radius 1 is 0.875 bits per heavy atom. The highest BCUT2D eigenvalue weighted by Gasteiger charge is 2.00. The van der Waals surface area contributed by atoms with Crippen molar-refractivity contribution in [3.63, 3.8) is 0 Å². The Morgan fingerprint density at radius 2 is 1.50 bits per heavy atom. The monoisotopic (exact) mass is 460 g/mol. The van der Waals surface area contributed by atoms with Crippen LogP contribution in [0.15, 0.2) is 54.6 Å². The van der Waals surface area contributed by atoms with Gasteiger partial charge in [0.15, 0.2) is 0 Å². The molecular weight excluding hydrogens is 420 g/mol. The Kier molecular flexibility index (Phi) is 17.0. The first kappa shape index (κ1) is 27.9. The minimum Gasteiger partial charge on any atom is -0.469 e. The second-order valence-corrected chi connectivity index (χ2v) is 8.65. The lowest BCUT2D eigenvalue weighted by Crippen LogP contribution is -2.09. The molecule has 0 aliphatic rings. The van der Waals surface area contributed by atoms with E-state index in [-0.39, 0.29) is 5.97 Å². The van der Waals surface area contributed by atoms with Gasteiger partial charge in [-0.15, -0.1) is 0 Å². The second kappa shape index (κ2) is 19.5. The largest absolute Gasteiger partial charge is 0.469 e. The van der Waals surface area contributed by atoms with Crippen molar-refractivity contribution < 1.29 is 14.6 Å². The number of methoxy groups -OCH3 is 1. The minimum absolute atomic E-state index is 0.208. The Bertz CT molecular complexity index is 686. The molecule has 0 atom stereocenters. The van der Waals surface area contributed by atoms with E-state index in [2.05, 4.69) is 22.3 Å². The van der Waals surface area contributed by atoms with Gasteiger partial charge in [0.05, 0.1) is 20.1 Å².